The third-order valence-electron chi connectivity index (χ3n) is 2.53. The zero-order chi connectivity index (χ0) is 14.1. The number of hydrogen-bond donors (Lipinski definition) is 1. The Morgan fingerprint density at radius 2 is 1.95 bits per heavy atom. The van der Waals surface area contributed by atoms with Crippen LogP contribution in [0, 0.1) is 0 Å². The maximum Gasteiger partial charge on any atom is 0.0889 e. The molecule has 0 unspecified atom stereocenters. The quantitative estimate of drug-likeness (QED) is 0.698. The molecule has 1 aromatic rings. The van der Waals surface area contributed by atoms with Gasteiger partial charge < -0.3 is 14.8 Å². The van der Waals surface area contributed by atoms with Crippen molar-refractivity contribution in [3.8, 4) is 0 Å². The smallest absolute Gasteiger partial charge is 0.0889 e. The summed E-state index contributed by atoms with van der Waals surface area (Å²) in [6.07, 6.45) is 2.16. The number of aromatic nitrogens is 1. The van der Waals surface area contributed by atoms with E-state index < -0.39 is 0 Å². The number of rotatable bonds is 9. The molecule has 0 amide bonds. The Hall–Kier alpha value is -0.970. The van der Waals surface area contributed by atoms with Gasteiger partial charge in [-0.25, -0.2) is 0 Å². The van der Waals surface area contributed by atoms with E-state index in [0.717, 1.165) is 12.2 Å². The summed E-state index contributed by atoms with van der Waals surface area (Å²) in [6, 6.07) is 4.59. The van der Waals surface area contributed by atoms with Gasteiger partial charge in [0.25, 0.3) is 0 Å². The van der Waals surface area contributed by atoms with E-state index in [1.54, 1.807) is 0 Å². The minimum Gasteiger partial charge on any atom is -0.376 e. The SMILES string of the molecule is CC(C)NCc1ccc(COCCOC(C)C)nc1. The molecule has 0 aliphatic heterocycles. The first-order chi connectivity index (χ1) is 9.08. The van der Waals surface area contributed by atoms with Gasteiger partial charge in [-0.15, -0.1) is 0 Å². The Balaban J connectivity index is 2.20. The van der Waals surface area contributed by atoms with E-state index in [9.17, 15) is 0 Å². The fourth-order valence-corrected chi connectivity index (χ4v) is 1.49. The van der Waals surface area contributed by atoms with Crippen LogP contribution in [-0.2, 0) is 22.6 Å². The molecule has 19 heavy (non-hydrogen) atoms. The number of ether oxygens (including phenoxy) is 2. The lowest BCUT2D eigenvalue weighted by molar-refractivity contribution is 0.0135. The molecule has 4 nitrogen and oxygen atoms in total. The molecule has 108 valence electrons. The van der Waals surface area contributed by atoms with E-state index in [1.807, 2.05) is 26.1 Å². The maximum atomic E-state index is 5.51. The summed E-state index contributed by atoms with van der Waals surface area (Å²) in [6.45, 7) is 10.9. The van der Waals surface area contributed by atoms with Crippen LogP contribution in [0.1, 0.15) is 39.0 Å². The van der Waals surface area contributed by atoms with Crippen molar-refractivity contribution < 1.29 is 9.47 Å². The Bertz CT molecular complexity index is 337. The lowest BCUT2D eigenvalue weighted by Gasteiger charge is -2.09. The second-order valence-electron chi connectivity index (χ2n) is 5.17. The van der Waals surface area contributed by atoms with Gasteiger partial charge in [-0.1, -0.05) is 19.9 Å². The highest BCUT2D eigenvalue weighted by Gasteiger charge is 1.99. The van der Waals surface area contributed by atoms with E-state index in [-0.39, 0.29) is 6.10 Å². The van der Waals surface area contributed by atoms with Crippen molar-refractivity contribution in [1.29, 1.82) is 0 Å². The summed E-state index contributed by atoms with van der Waals surface area (Å²) in [5, 5.41) is 3.36. The Morgan fingerprint density at radius 3 is 2.53 bits per heavy atom. The zero-order valence-electron chi connectivity index (χ0n) is 12.5. The van der Waals surface area contributed by atoms with Gasteiger partial charge in [0, 0.05) is 18.8 Å². The molecule has 0 aliphatic rings. The average Bonchev–Trinajstić information content (AvgIpc) is 2.37. The minimum absolute atomic E-state index is 0.259. The average molecular weight is 266 g/mol. The van der Waals surface area contributed by atoms with E-state index in [4.69, 9.17) is 9.47 Å². The van der Waals surface area contributed by atoms with Gasteiger partial charge in [-0.05, 0) is 25.5 Å². The molecule has 0 atom stereocenters. The fraction of sp³-hybridized carbons (Fsp3) is 0.667. The van der Waals surface area contributed by atoms with Gasteiger partial charge in [0.1, 0.15) is 0 Å². The minimum atomic E-state index is 0.259. The van der Waals surface area contributed by atoms with Gasteiger partial charge >= 0.3 is 0 Å². The third-order valence-corrected chi connectivity index (χ3v) is 2.53. The van der Waals surface area contributed by atoms with Crippen LogP contribution in [0.4, 0.5) is 0 Å². The van der Waals surface area contributed by atoms with Crippen molar-refractivity contribution in [2.75, 3.05) is 13.2 Å². The molecule has 0 aromatic carbocycles. The van der Waals surface area contributed by atoms with Crippen molar-refractivity contribution in [3.63, 3.8) is 0 Å². The second-order valence-corrected chi connectivity index (χ2v) is 5.17. The Morgan fingerprint density at radius 1 is 1.16 bits per heavy atom. The highest BCUT2D eigenvalue weighted by Crippen LogP contribution is 2.02. The van der Waals surface area contributed by atoms with Crippen molar-refractivity contribution in [2.24, 2.45) is 0 Å². The monoisotopic (exact) mass is 266 g/mol. The zero-order valence-corrected chi connectivity index (χ0v) is 12.5. The van der Waals surface area contributed by atoms with Crippen LogP contribution in [0.3, 0.4) is 0 Å². The summed E-state index contributed by atoms with van der Waals surface area (Å²) < 4.78 is 10.9. The normalized spacial score (nSPS) is 11.5. The molecular weight excluding hydrogens is 240 g/mol. The van der Waals surface area contributed by atoms with E-state index in [1.165, 1.54) is 5.56 Å². The highest BCUT2D eigenvalue weighted by atomic mass is 16.5. The van der Waals surface area contributed by atoms with Crippen molar-refractivity contribution in [3.05, 3.63) is 29.6 Å². The number of nitrogens with one attached hydrogen (secondary N) is 1. The summed E-state index contributed by atoms with van der Waals surface area (Å²) in [5.41, 5.74) is 2.15. The number of nitrogens with zero attached hydrogens (tertiary/aromatic N) is 1. The molecule has 1 aromatic heterocycles. The van der Waals surface area contributed by atoms with Gasteiger partial charge in [0.2, 0.25) is 0 Å². The lowest BCUT2D eigenvalue weighted by atomic mass is 10.2. The molecule has 0 spiro atoms. The summed E-state index contributed by atoms with van der Waals surface area (Å²) in [5.74, 6) is 0. The first-order valence-electron chi connectivity index (χ1n) is 6.94. The maximum absolute atomic E-state index is 5.51. The van der Waals surface area contributed by atoms with Crippen LogP contribution in [-0.4, -0.2) is 30.3 Å². The number of hydrogen-bond acceptors (Lipinski definition) is 4. The summed E-state index contributed by atoms with van der Waals surface area (Å²) >= 11 is 0. The van der Waals surface area contributed by atoms with Gasteiger partial charge in [0.15, 0.2) is 0 Å². The molecule has 0 bridgehead atoms. The molecule has 0 aliphatic carbocycles. The first-order valence-corrected chi connectivity index (χ1v) is 6.94. The van der Waals surface area contributed by atoms with Crippen LogP contribution in [0.2, 0.25) is 0 Å². The molecular formula is C15H26N2O2. The fourth-order valence-electron chi connectivity index (χ4n) is 1.49. The Labute approximate surface area is 116 Å². The van der Waals surface area contributed by atoms with E-state index in [0.29, 0.717) is 25.9 Å². The molecule has 0 radical (unpaired) electrons. The largest absolute Gasteiger partial charge is 0.376 e. The van der Waals surface area contributed by atoms with Crippen molar-refractivity contribution in [1.82, 2.24) is 10.3 Å². The Kier molecular flexibility index (Phi) is 7.63. The third kappa shape index (κ3) is 7.93. The number of pyridine rings is 1. The molecule has 1 rings (SSSR count). The predicted molar refractivity (Wildman–Crippen MR) is 77.0 cm³/mol. The van der Waals surface area contributed by atoms with Crippen LogP contribution >= 0.6 is 0 Å². The molecule has 4 heteroatoms. The van der Waals surface area contributed by atoms with Crippen molar-refractivity contribution >= 4 is 0 Å². The lowest BCUT2D eigenvalue weighted by Crippen LogP contribution is -2.21. The van der Waals surface area contributed by atoms with Crippen LogP contribution in [0.5, 0.6) is 0 Å². The van der Waals surface area contributed by atoms with Crippen LogP contribution < -0.4 is 5.32 Å². The van der Waals surface area contributed by atoms with Crippen LogP contribution in [0.15, 0.2) is 18.3 Å². The predicted octanol–water partition coefficient (Wildman–Crippen LogP) is 2.52. The first kappa shape index (κ1) is 16.1. The standard InChI is InChI=1S/C15H26N2O2/c1-12(2)16-9-14-5-6-15(17-10-14)11-18-7-8-19-13(3)4/h5-6,10,12-13,16H,7-9,11H2,1-4H3. The summed E-state index contributed by atoms with van der Waals surface area (Å²) in [4.78, 5) is 4.38. The van der Waals surface area contributed by atoms with Crippen LogP contribution in [0.25, 0.3) is 0 Å². The van der Waals surface area contributed by atoms with Gasteiger partial charge in [-0.2, -0.15) is 0 Å². The van der Waals surface area contributed by atoms with Gasteiger partial charge in [0.05, 0.1) is 31.6 Å². The van der Waals surface area contributed by atoms with E-state index >= 15 is 0 Å². The molecule has 0 fully saturated rings. The molecule has 0 saturated carbocycles. The van der Waals surface area contributed by atoms with Gasteiger partial charge in [-0.3, -0.25) is 4.98 Å². The molecule has 0 saturated heterocycles. The molecule has 1 heterocycles. The van der Waals surface area contributed by atoms with Crippen molar-refractivity contribution in [2.45, 2.75) is 53.0 Å². The molecule has 1 N–H and O–H groups in total. The summed E-state index contributed by atoms with van der Waals surface area (Å²) in [7, 11) is 0. The second kappa shape index (κ2) is 9.02. The van der Waals surface area contributed by atoms with E-state index in [2.05, 4.69) is 30.2 Å². The topological polar surface area (TPSA) is 43.4 Å². The highest BCUT2D eigenvalue weighted by molar-refractivity contribution is 5.13.